The van der Waals surface area contributed by atoms with Gasteiger partial charge in [-0.1, -0.05) is 51.8 Å². The molecule has 39 heavy (non-hydrogen) atoms. The molecule has 0 aliphatic heterocycles. The number of carbonyl (C=O) groups excluding carboxylic acids is 1. The number of rotatable bonds is 18. The highest BCUT2D eigenvalue weighted by molar-refractivity contribution is 7.89. The van der Waals surface area contributed by atoms with Crippen molar-refractivity contribution in [1.82, 2.24) is 5.32 Å². The van der Waals surface area contributed by atoms with Crippen molar-refractivity contribution in [2.75, 3.05) is 31.6 Å². The van der Waals surface area contributed by atoms with Gasteiger partial charge < -0.3 is 25.6 Å². The van der Waals surface area contributed by atoms with Crippen LogP contribution >= 0.6 is 0 Å². The maximum Gasteiger partial charge on any atom is 0.238 e. The molecule has 9 nitrogen and oxygen atoms in total. The van der Waals surface area contributed by atoms with E-state index < -0.39 is 16.1 Å². The number of nitrogens with two attached hydrogens (primary N) is 1. The minimum Gasteiger partial charge on any atom is -0.506 e. The Morgan fingerprint density at radius 3 is 2.38 bits per heavy atom. The van der Waals surface area contributed by atoms with Crippen molar-refractivity contribution in [1.29, 1.82) is 0 Å². The molecule has 0 heterocycles. The van der Waals surface area contributed by atoms with Crippen LogP contribution in [0.5, 0.6) is 5.75 Å². The van der Waals surface area contributed by atoms with Crippen LogP contribution in [0.25, 0.3) is 0 Å². The van der Waals surface area contributed by atoms with E-state index in [9.17, 15) is 23.4 Å². The Morgan fingerprint density at radius 2 is 1.72 bits per heavy atom. The fraction of sp³-hybridized carbons (Fsp3) is 0.552. The van der Waals surface area contributed by atoms with E-state index in [-0.39, 0.29) is 21.7 Å². The highest BCUT2D eigenvalue weighted by atomic mass is 32.2. The normalized spacial score (nSPS) is 12.8. The second-order valence-corrected chi connectivity index (χ2v) is 12.4. The summed E-state index contributed by atoms with van der Waals surface area (Å²) >= 11 is 0. The predicted molar refractivity (Wildman–Crippen MR) is 154 cm³/mol. The molecule has 1 atom stereocenters. The minimum atomic E-state index is -3.77. The van der Waals surface area contributed by atoms with Gasteiger partial charge in [0.25, 0.3) is 0 Å². The van der Waals surface area contributed by atoms with Gasteiger partial charge in [-0.2, -0.15) is 0 Å². The lowest BCUT2D eigenvalue weighted by atomic mass is 9.82. The molecule has 0 unspecified atom stereocenters. The molecule has 2 aromatic rings. The lowest BCUT2D eigenvalue weighted by Gasteiger charge is -2.25. The summed E-state index contributed by atoms with van der Waals surface area (Å²) in [5.41, 5.74) is 2.40. The first kappa shape index (κ1) is 32.7. The van der Waals surface area contributed by atoms with E-state index in [1.54, 1.807) is 24.3 Å². The molecule has 0 saturated heterocycles. The number of benzene rings is 2. The average molecular weight is 564 g/mol. The monoisotopic (exact) mass is 563 g/mol. The van der Waals surface area contributed by atoms with Gasteiger partial charge >= 0.3 is 0 Å². The maximum absolute atomic E-state index is 12.1. The van der Waals surface area contributed by atoms with Crippen molar-refractivity contribution in [3.63, 3.8) is 0 Å². The number of amides is 1. The number of unbranched alkanes of at least 4 members (excludes halogenated alkanes) is 4. The number of ether oxygens (including phenoxy) is 1. The van der Waals surface area contributed by atoms with E-state index in [4.69, 9.17) is 9.88 Å². The molecule has 2 aromatic carbocycles. The molecule has 10 heteroatoms. The number of aliphatic hydroxyl groups excluding tert-OH is 1. The second kappa shape index (κ2) is 15.9. The molecule has 2 rings (SSSR count). The molecule has 218 valence electrons. The summed E-state index contributed by atoms with van der Waals surface area (Å²) in [5.74, 6) is -0.0437. The van der Waals surface area contributed by atoms with Gasteiger partial charge in [0, 0.05) is 19.8 Å². The van der Waals surface area contributed by atoms with E-state index in [0.29, 0.717) is 25.1 Å². The number of nitrogens with one attached hydrogen (secondary N) is 2. The Balaban J connectivity index is 1.55. The quantitative estimate of drug-likeness (QED) is 0.104. The highest BCUT2D eigenvalue weighted by Crippen LogP contribution is 2.32. The molecule has 0 aliphatic rings. The summed E-state index contributed by atoms with van der Waals surface area (Å²) in [7, 11) is -3.77. The van der Waals surface area contributed by atoms with Gasteiger partial charge in [0.2, 0.25) is 16.4 Å². The molecule has 6 N–H and O–H groups in total. The lowest BCUT2D eigenvalue weighted by molar-refractivity contribution is -0.105. The number of anilines is 1. The Bertz CT molecular complexity index is 1150. The minimum absolute atomic E-state index is 0.0437. The molecule has 1 amide bonds. The van der Waals surface area contributed by atoms with Crippen LogP contribution in [0.3, 0.4) is 0 Å². The molecule has 0 aliphatic carbocycles. The van der Waals surface area contributed by atoms with Gasteiger partial charge in [-0.15, -0.1) is 0 Å². The zero-order valence-corrected chi connectivity index (χ0v) is 24.2. The van der Waals surface area contributed by atoms with Gasteiger partial charge in [-0.05, 0) is 79.0 Å². The third kappa shape index (κ3) is 11.3. The smallest absolute Gasteiger partial charge is 0.238 e. The number of aryl methyl sites for hydroxylation is 1. The topological polar surface area (TPSA) is 151 Å². The number of aliphatic hydroxyl groups is 1. The Morgan fingerprint density at radius 1 is 1.03 bits per heavy atom. The zero-order valence-electron chi connectivity index (χ0n) is 23.4. The molecule has 0 radical (unpaired) electrons. The van der Waals surface area contributed by atoms with E-state index >= 15 is 0 Å². The summed E-state index contributed by atoms with van der Waals surface area (Å²) in [6.07, 6.45) is 6.47. The van der Waals surface area contributed by atoms with Crippen molar-refractivity contribution in [2.24, 2.45) is 5.14 Å². The van der Waals surface area contributed by atoms with Crippen molar-refractivity contribution < 1.29 is 28.2 Å². The number of phenolic OH excluding ortho intramolecular Hbond substituents is 1. The van der Waals surface area contributed by atoms with Crippen LogP contribution in [-0.2, 0) is 31.4 Å². The van der Waals surface area contributed by atoms with Crippen LogP contribution in [0.4, 0.5) is 5.69 Å². The van der Waals surface area contributed by atoms with Crippen LogP contribution in [0.15, 0.2) is 41.3 Å². The largest absolute Gasteiger partial charge is 0.506 e. The summed E-state index contributed by atoms with van der Waals surface area (Å²) in [6, 6.07) is 9.98. The van der Waals surface area contributed by atoms with Gasteiger partial charge in [0.05, 0.1) is 16.7 Å². The first-order chi connectivity index (χ1) is 18.4. The van der Waals surface area contributed by atoms with Crippen molar-refractivity contribution in [3.05, 3.63) is 53.1 Å². The number of phenols is 1. The van der Waals surface area contributed by atoms with Gasteiger partial charge in [0.1, 0.15) is 5.75 Å². The van der Waals surface area contributed by atoms with E-state index in [1.165, 1.54) is 6.07 Å². The Kier molecular flexibility index (Phi) is 13.4. The number of primary sulfonamides is 1. The number of sulfonamides is 1. The van der Waals surface area contributed by atoms with Crippen molar-refractivity contribution >= 4 is 22.1 Å². The number of aromatic hydroxyl groups is 1. The first-order valence-electron chi connectivity index (χ1n) is 13.6. The lowest BCUT2D eigenvalue weighted by Crippen LogP contribution is -2.23. The first-order valence-corrected chi connectivity index (χ1v) is 15.1. The van der Waals surface area contributed by atoms with Gasteiger partial charge in [0.15, 0.2) is 0 Å². The molecule has 0 bridgehead atoms. The highest BCUT2D eigenvalue weighted by Gasteiger charge is 2.26. The summed E-state index contributed by atoms with van der Waals surface area (Å²) in [5, 5.41) is 31.1. The standard InChI is InChI=1S/C29H45N3O6S/c1-29(2,3)28-22(12-10-13-27(28)39(30,36)37)11-6-9-18-38-17-8-5-4-7-16-31-20-26(35)23-14-15-25(34)24(19-23)32-21-33/h10,12-15,19,21,26,31,34-35H,4-9,11,16-18,20H2,1-3H3,(H,32,33)(H2,30,36,37)/t26-/m1/s1. The number of carbonyl (C=O) groups is 1. The van der Waals surface area contributed by atoms with Crippen LogP contribution in [0.2, 0.25) is 0 Å². The third-order valence-electron chi connectivity index (χ3n) is 6.50. The molecule has 0 fully saturated rings. The Hall–Kier alpha value is -2.50. The number of hydrogen-bond donors (Lipinski definition) is 5. The van der Waals surface area contributed by atoms with Crippen LogP contribution < -0.4 is 15.8 Å². The summed E-state index contributed by atoms with van der Waals surface area (Å²) < 4.78 is 29.9. The van der Waals surface area contributed by atoms with Crippen molar-refractivity contribution in [2.45, 2.75) is 82.1 Å². The SMILES string of the molecule is CC(C)(C)c1c(CCCCOCCCCCCNC[C@@H](O)c2ccc(O)c(NC=O)c2)cccc1S(N)(=O)=O. The zero-order chi connectivity index (χ0) is 28.9. The maximum atomic E-state index is 12.1. The third-order valence-corrected chi connectivity index (χ3v) is 7.46. The van der Waals surface area contributed by atoms with Gasteiger partial charge in [-0.25, -0.2) is 13.6 Å². The van der Waals surface area contributed by atoms with E-state index in [1.807, 2.05) is 26.8 Å². The summed E-state index contributed by atoms with van der Waals surface area (Å²) in [6.45, 7) is 8.60. The van der Waals surface area contributed by atoms with Gasteiger partial charge in [-0.3, -0.25) is 4.79 Å². The van der Waals surface area contributed by atoms with Crippen molar-refractivity contribution in [3.8, 4) is 5.75 Å². The van der Waals surface area contributed by atoms with Crippen LogP contribution in [0, 0.1) is 0 Å². The summed E-state index contributed by atoms with van der Waals surface area (Å²) in [4.78, 5) is 10.8. The second-order valence-electron chi connectivity index (χ2n) is 10.8. The molecule has 0 spiro atoms. The molecular weight excluding hydrogens is 518 g/mol. The fourth-order valence-corrected chi connectivity index (χ4v) is 5.59. The van der Waals surface area contributed by atoms with E-state index in [2.05, 4.69) is 10.6 Å². The van der Waals surface area contributed by atoms with E-state index in [0.717, 1.165) is 69.2 Å². The average Bonchev–Trinajstić information content (AvgIpc) is 2.86. The molecule has 0 aromatic heterocycles. The fourth-order valence-electron chi connectivity index (χ4n) is 4.60. The predicted octanol–water partition coefficient (Wildman–Crippen LogP) is 4.13. The molecule has 0 saturated carbocycles. The van der Waals surface area contributed by atoms with Crippen LogP contribution in [0.1, 0.15) is 82.1 Å². The Labute approximate surface area is 233 Å². The molecular formula is C29H45N3O6S. The number of hydrogen-bond acceptors (Lipinski definition) is 7. The van der Waals surface area contributed by atoms with Crippen LogP contribution in [-0.4, -0.2) is 51.3 Å².